The Morgan fingerprint density at radius 2 is 2.17 bits per heavy atom. The summed E-state index contributed by atoms with van der Waals surface area (Å²) in [6.07, 6.45) is 2.47. The molecule has 7 nitrogen and oxygen atoms in total. The lowest BCUT2D eigenvalue weighted by molar-refractivity contribution is -0.135. The Morgan fingerprint density at radius 3 is 2.75 bits per heavy atom. The van der Waals surface area contributed by atoms with Crippen molar-refractivity contribution in [2.24, 2.45) is 0 Å². The molecule has 1 aromatic rings. The number of aliphatic hydroxyl groups excluding tert-OH is 1. The molecule has 1 aromatic heterocycles. The van der Waals surface area contributed by atoms with E-state index in [4.69, 9.17) is 16.3 Å². The molecule has 24 heavy (non-hydrogen) atoms. The van der Waals surface area contributed by atoms with Gasteiger partial charge in [0.05, 0.1) is 19.2 Å². The van der Waals surface area contributed by atoms with E-state index in [1.807, 2.05) is 4.90 Å². The Hall–Kier alpha value is -1.15. The van der Waals surface area contributed by atoms with Gasteiger partial charge in [0.1, 0.15) is 17.1 Å². The zero-order valence-corrected chi connectivity index (χ0v) is 15.4. The van der Waals surface area contributed by atoms with Gasteiger partial charge in [-0.05, 0) is 26.9 Å². The second kappa shape index (κ2) is 8.80. The fourth-order valence-electron chi connectivity index (χ4n) is 3.06. The molecule has 1 aliphatic rings. The maximum absolute atomic E-state index is 12.4. The minimum Gasteiger partial charge on any atom is -0.385 e. The predicted molar refractivity (Wildman–Crippen MR) is 92.0 cm³/mol. The molecule has 1 aliphatic heterocycles. The molecule has 8 heteroatoms. The van der Waals surface area contributed by atoms with Crippen LogP contribution in [0.4, 0.5) is 0 Å². The highest BCUT2D eigenvalue weighted by Gasteiger charge is 2.27. The second-order valence-corrected chi connectivity index (χ2v) is 6.77. The van der Waals surface area contributed by atoms with Gasteiger partial charge in [0.2, 0.25) is 5.91 Å². The van der Waals surface area contributed by atoms with Gasteiger partial charge in [-0.2, -0.15) is 0 Å². The maximum atomic E-state index is 12.4. The van der Waals surface area contributed by atoms with E-state index in [-0.39, 0.29) is 12.3 Å². The smallest absolute Gasteiger partial charge is 0.225 e. The highest BCUT2D eigenvalue weighted by Crippen LogP contribution is 2.22. The summed E-state index contributed by atoms with van der Waals surface area (Å²) >= 11 is 6.09. The van der Waals surface area contributed by atoms with Crippen LogP contribution in [0.3, 0.4) is 0 Å². The van der Waals surface area contributed by atoms with Crippen molar-refractivity contribution >= 4 is 17.5 Å². The van der Waals surface area contributed by atoms with Crippen molar-refractivity contribution in [2.45, 2.75) is 38.0 Å². The molecule has 1 unspecified atom stereocenters. The van der Waals surface area contributed by atoms with Gasteiger partial charge in [0.25, 0.3) is 0 Å². The Labute approximate surface area is 148 Å². The molecule has 136 valence electrons. The summed E-state index contributed by atoms with van der Waals surface area (Å²) in [7, 11) is 5.73. The van der Waals surface area contributed by atoms with Gasteiger partial charge in [0.15, 0.2) is 0 Å². The normalized spacial score (nSPS) is 17.5. The standard InChI is InChI=1S/C16H27ClN4O3/c1-19(2)12-4-6-20(7-5-12)15(23)10-13(22)16-18-11-14(17)21(16)8-9-24-3/h11-13,22H,4-10H2,1-3H3. The molecule has 1 amide bonds. The number of nitrogens with zero attached hydrogens (tertiary/aromatic N) is 4. The highest BCUT2D eigenvalue weighted by molar-refractivity contribution is 6.29. The van der Waals surface area contributed by atoms with Crippen molar-refractivity contribution in [1.82, 2.24) is 19.4 Å². The summed E-state index contributed by atoms with van der Waals surface area (Å²) < 4.78 is 6.72. The average Bonchev–Trinajstić information content (AvgIpc) is 2.93. The number of amides is 1. The van der Waals surface area contributed by atoms with Gasteiger partial charge in [-0.1, -0.05) is 11.6 Å². The minimum atomic E-state index is -0.964. The first-order valence-electron chi connectivity index (χ1n) is 8.26. The molecule has 2 rings (SSSR count). The first-order valence-corrected chi connectivity index (χ1v) is 8.64. The third-order valence-electron chi connectivity index (χ3n) is 4.57. The summed E-state index contributed by atoms with van der Waals surface area (Å²) in [6.45, 7) is 2.41. The Balaban J connectivity index is 1.92. The average molecular weight is 359 g/mol. The van der Waals surface area contributed by atoms with Crippen molar-refractivity contribution in [1.29, 1.82) is 0 Å². The van der Waals surface area contributed by atoms with Crippen LogP contribution in [0, 0.1) is 0 Å². The monoisotopic (exact) mass is 358 g/mol. The summed E-state index contributed by atoms with van der Waals surface area (Å²) in [5, 5.41) is 10.8. The van der Waals surface area contributed by atoms with Gasteiger partial charge < -0.3 is 24.2 Å². The number of likely N-dealkylation sites (tertiary alicyclic amines) is 1. The molecular formula is C16H27ClN4O3. The lowest BCUT2D eigenvalue weighted by Gasteiger charge is -2.35. The number of imidazole rings is 1. The molecule has 1 saturated heterocycles. The lowest BCUT2D eigenvalue weighted by atomic mass is 10.0. The number of ether oxygens (including phenoxy) is 1. The number of carbonyl (C=O) groups excluding carboxylic acids is 1. The van der Waals surface area contributed by atoms with E-state index in [1.165, 1.54) is 6.20 Å². The van der Waals surface area contributed by atoms with Crippen LogP contribution < -0.4 is 0 Å². The van der Waals surface area contributed by atoms with Crippen LogP contribution in [0.5, 0.6) is 0 Å². The first-order chi connectivity index (χ1) is 11.4. The zero-order chi connectivity index (χ0) is 17.7. The predicted octanol–water partition coefficient (Wildman–Crippen LogP) is 1.16. The number of methoxy groups -OCH3 is 1. The topological polar surface area (TPSA) is 70.8 Å². The van der Waals surface area contributed by atoms with E-state index >= 15 is 0 Å². The third-order valence-corrected chi connectivity index (χ3v) is 4.87. The van der Waals surface area contributed by atoms with Crippen LogP contribution in [0.1, 0.15) is 31.2 Å². The second-order valence-electron chi connectivity index (χ2n) is 6.38. The van der Waals surface area contributed by atoms with Gasteiger partial charge in [-0.15, -0.1) is 0 Å². The number of hydrogen-bond acceptors (Lipinski definition) is 5. The Bertz CT molecular complexity index is 541. The number of rotatable bonds is 7. The van der Waals surface area contributed by atoms with E-state index in [0.29, 0.717) is 30.2 Å². The fourth-order valence-corrected chi connectivity index (χ4v) is 3.28. The molecule has 0 bridgehead atoms. The van der Waals surface area contributed by atoms with Gasteiger partial charge in [0, 0.05) is 32.8 Å². The van der Waals surface area contributed by atoms with Gasteiger partial charge >= 0.3 is 0 Å². The Morgan fingerprint density at radius 1 is 1.50 bits per heavy atom. The molecule has 1 N–H and O–H groups in total. The first kappa shape index (κ1) is 19.2. The molecule has 0 aromatic carbocycles. The van der Waals surface area contributed by atoms with Crippen molar-refractivity contribution < 1.29 is 14.6 Å². The molecular weight excluding hydrogens is 332 g/mol. The molecule has 0 saturated carbocycles. The van der Waals surface area contributed by atoms with Crippen LogP contribution in [-0.2, 0) is 16.1 Å². The number of aromatic nitrogens is 2. The van der Waals surface area contributed by atoms with Crippen LogP contribution in [-0.4, -0.2) is 77.3 Å². The zero-order valence-electron chi connectivity index (χ0n) is 14.6. The van der Waals surface area contributed by atoms with Gasteiger partial charge in [-0.25, -0.2) is 4.98 Å². The van der Waals surface area contributed by atoms with Crippen LogP contribution in [0.15, 0.2) is 6.20 Å². The third kappa shape index (κ3) is 4.69. The number of halogens is 1. The van der Waals surface area contributed by atoms with Crippen molar-refractivity contribution in [3.05, 3.63) is 17.2 Å². The summed E-state index contributed by atoms with van der Waals surface area (Å²) in [6, 6.07) is 0.519. The molecule has 1 atom stereocenters. The summed E-state index contributed by atoms with van der Waals surface area (Å²) in [4.78, 5) is 20.6. The van der Waals surface area contributed by atoms with Crippen molar-refractivity contribution in [3.8, 4) is 0 Å². The lowest BCUT2D eigenvalue weighted by Crippen LogP contribution is -2.44. The minimum absolute atomic E-state index is 0.0208. The highest BCUT2D eigenvalue weighted by atomic mass is 35.5. The SMILES string of the molecule is COCCn1c(Cl)cnc1C(O)CC(=O)N1CCC(N(C)C)CC1. The quantitative estimate of drug-likeness (QED) is 0.792. The number of hydrogen-bond donors (Lipinski definition) is 1. The van der Waals surface area contributed by atoms with E-state index in [0.717, 1.165) is 25.9 Å². The largest absolute Gasteiger partial charge is 0.385 e. The molecule has 0 spiro atoms. The van der Waals surface area contributed by atoms with E-state index in [9.17, 15) is 9.90 Å². The van der Waals surface area contributed by atoms with E-state index in [1.54, 1.807) is 11.7 Å². The molecule has 0 aliphatic carbocycles. The number of piperidine rings is 1. The number of aliphatic hydroxyl groups is 1. The Kier molecular flexibility index (Phi) is 7.03. The summed E-state index contributed by atoms with van der Waals surface area (Å²) in [5.74, 6) is 0.366. The van der Waals surface area contributed by atoms with Crippen molar-refractivity contribution in [3.63, 3.8) is 0 Å². The van der Waals surface area contributed by atoms with Crippen LogP contribution in [0.2, 0.25) is 5.15 Å². The summed E-state index contributed by atoms with van der Waals surface area (Å²) in [5.41, 5.74) is 0. The van der Waals surface area contributed by atoms with Gasteiger partial charge in [-0.3, -0.25) is 4.79 Å². The fraction of sp³-hybridized carbons (Fsp3) is 0.750. The van der Waals surface area contributed by atoms with E-state index in [2.05, 4.69) is 24.0 Å². The van der Waals surface area contributed by atoms with Crippen LogP contribution in [0.25, 0.3) is 0 Å². The number of carbonyl (C=O) groups is 1. The molecule has 1 fully saturated rings. The van der Waals surface area contributed by atoms with Crippen LogP contribution >= 0.6 is 11.6 Å². The maximum Gasteiger partial charge on any atom is 0.225 e. The molecule has 2 heterocycles. The van der Waals surface area contributed by atoms with Crippen molar-refractivity contribution in [2.75, 3.05) is 40.9 Å². The van der Waals surface area contributed by atoms with E-state index < -0.39 is 6.10 Å². The molecule has 0 radical (unpaired) electrons.